The van der Waals surface area contributed by atoms with E-state index < -0.39 is 5.82 Å². The summed E-state index contributed by atoms with van der Waals surface area (Å²) >= 11 is -0.208. The molecule has 2 bridgehead atoms. The van der Waals surface area contributed by atoms with Crippen molar-refractivity contribution in [3.05, 3.63) is 53.7 Å². The van der Waals surface area contributed by atoms with E-state index >= 15 is 0 Å². The molecule has 2 aromatic heterocycles. The molecule has 3 aromatic rings. The van der Waals surface area contributed by atoms with E-state index in [1.54, 1.807) is 24.5 Å². The fraction of sp³-hybridized carbons (Fsp3) is 0.333. The molecule has 0 fully saturated rings. The Balaban J connectivity index is 1.72. The van der Waals surface area contributed by atoms with Crippen LogP contribution in [0.1, 0.15) is 33.3 Å². The molecule has 1 amide bonds. The average molecular weight is 563 g/mol. The molecule has 9 heteroatoms. The number of carbonyl (C=O) groups excluding carboxylic acids is 1. The maximum atomic E-state index is 14.4. The van der Waals surface area contributed by atoms with Crippen molar-refractivity contribution in [3.8, 4) is 22.8 Å². The van der Waals surface area contributed by atoms with Gasteiger partial charge in [0.1, 0.15) is 0 Å². The first-order chi connectivity index (χ1) is 16.1. The molecule has 7 nitrogen and oxygen atoms in total. The van der Waals surface area contributed by atoms with Crippen molar-refractivity contribution in [2.45, 2.75) is 17.3 Å². The number of hydrogen-bond donors (Lipinski definition) is 3. The van der Waals surface area contributed by atoms with Gasteiger partial charge in [0.2, 0.25) is 0 Å². The molecule has 2 aliphatic heterocycles. The molecule has 2 aliphatic rings. The molecule has 5 rings (SSSR count). The molecule has 0 spiro atoms. The number of carbonyl (C=O) groups is 1. The normalized spacial score (nSPS) is 20.2. The standard InChI is InChI=1S/C24H25FIN4O3/c1-13-7-9-33-18-12-27-8-6-14(18)20-22(29-17-5-3-4-15(25)23(17)32-2)19-21(30-20)16(26-10-13)11-28-24(19)31/h3-6,8,12-13,16,29-30H,7,9-11H2,1-2H3,(H,28,31)/q-1/t13?,16-/m1/s1. The van der Waals surface area contributed by atoms with Crippen molar-refractivity contribution in [3.63, 3.8) is 0 Å². The summed E-state index contributed by atoms with van der Waals surface area (Å²) in [7, 11) is 1.43. The van der Waals surface area contributed by atoms with E-state index in [1.807, 2.05) is 6.07 Å². The molecule has 0 aliphatic carbocycles. The number of halogens is 2. The number of methoxy groups -OCH3 is 1. The first-order valence-electron chi connectivity index (χ1n) is 10.8. The SMILES string of the molecule is COc1c(F)cccc1Nc1c2[nH]c3c1C(=O)NC[C@H]3[I-]CC(C)CCOc1cnccc1-2. The number of aromatic amines is 1. The van der Waals surface area contributed by atoms with Crippen molar-refractivity contribution in [1.82, 2.24) is 15.3 Å². The molecule has 2 atom stereocenters. The van der Waals surface area contributed by atoms with Crippen LogP contribution in [0, 0.1) is 11.7 Å². The Hall–Kier alpha value is -2.82. The van der Waals surface area contributed by atoms with Gasteiger partial charge in [-0.2, -0.15) is 0 Å². The van der Waals surface area contributed by atoms with Crippen LogP contribution in [0.4, 0.5) is 15.8 Å². The summed E-state index contributed by atoms with van der Waals surface area (Å²) in [4.78, 5) is 20.9. The van der Waals surface area contributed by atoms with Gasteiger partial charge in [0.25, 0.3) is 0 Å². The van der Waals surface area contributed by atoms with Gasteiger partial charge in [0.05, 0.1) is 0 Å². The van der Waals surface area contributed by atoms with E-state index in [0.29, 0.717) is 41.8 Å². The Bertz CT molecular complexity index is 1200. The Morgan fingerprint density at radius 2 is 2.21 bits per heavy atom. The van der Waals surface area contributed by atoms with Gasteiger partial charge in [-0.1, -0.05) is 0 Å². The quantitative estimate of drug-likeness (QED) is 0.330. The number of H-pyrrole nitrogens is 1. The fourth-order valence-electron chi connectivity index (χ4n) is 4.18. The summed E-state index contributed by atoms with van der Waals surface area (Å²) in [6.07, 6.45) is 4.37. The molecule has 1 unspecified atom stereocenters. The van der Waals surface area contributed by atoms with Gasteiger partial charge in [0.15, 0.2) is 0 Å². The van der Waals surface area contributed by atoms with E-state index in [1.165, 1.54) is 13.2 Å². The van der Waals surface area contributed by atoms with Gasteiger partial charge >= 0.3 is 202 Å². The van der Waals surface area contributed by atoms with E-state index in [0.717, 1.165) is 27.8 Å². The van der Waals surface area contributed by atoms with Crippen LogP contribution >= 0.6 is 0 Å². The second-order valence-electron chi connectivity index (χ2n) is 8.21. The third-order valence-corrected chi connectivity index (χ3v) is 10.0. The number of para-hydroxylation sites is 1. The molecule has 0 radical (unpaired) electrons. The van der Waals surface area contributed by atoms with Crippen LogP contribution < -0.4 is 41.3 Å². The summed E-state index contributed by atoms with van der Waals surface area (Å²) < 4.78 is 27.3. The number of alkyl halides is 2. The molecule has 33 heavy (non-hydrogen) atoms. The Labute approximate surface area is 201 Å². The van der Waals surface area contributed by atoms with Crippen LogP contribution in [0.5, 0.6) is 11.5 Å². The van der Waals surface area contributed by atoms with Gasteiger partial charge < -0.3 is 0 Å². The van der Waals surface area contributed by atoms with Crippen LogP contribution in [0.3, 0.4) is 0 Å². The summed E-state index contributed by atoms with van der Waals surface area (Å²) in [5.74, 6) is 0.655. The molecule has 0 saturated carbocycles. The number of fused-ring (bicyclic) bond motifs is 3. The minimum absolute atomic E-state index is 0.0940. The van der Waals surface area contributed by atoms with Gasteiger partial charge in [0, 0.05) is 0 Å². The van der Waals surface area contributed by atoms with E-state index in [4.69, 9.17) is 9.47 Å². The summed E-state index contributed by atoms with van der Waals surface area (Å²) in [5.41, 5.74) is 4.07. The number of pyridine rings is 1. The fourth-order valence-corrected chi connectivity index (χ4v) is 7.54. The molecular formula is C24H25FIN4O3-. The van der Waals surface area contributed by atoms with E-state index in [-0.39, 0.29) is 36.8 Å². The predicted molar refractivity (Wildman–Crippen MR) is 119 cm³/mol. The van der Waals surface area contributed by atoms with Crippen LogP contribution in [0.2, 0.25) is 0 Å². The van der Waals surface area contributed by atoms with Gasteiger partial charge in [-0.25, -0.2) is 0 Å². The molecular weight excluding hydrogens is 538 g/mol. The van der Waals surface area contributed by atoms with Gasteiger partial charge in [-0.15, -0.1) is 0 Å². The third-order valence-electron chi connectivity index (χ3n) is 5.90. The molecule has 1 aromatic carbocycles. The number of ether oxygens (including phenoxy) is 2. The number of hydrogen-bond acceptors (Lipinski definition) is 5. The average Bonchev–Trinajstić information content (AvgIpc) is 3.18. The van der Waals surface area contributed by atoms with Crippen molar-refractivity contribution in [1.29, 1.82) is 0 Å². The topological polar surface area (TPSA) is 88.3 Å². The van der Waals surface area contributed by atoms with E-state index in [2.05, 4.69) is 27.5 Å². The molecule has 0 saturated heterocycles. The molecule has 4 heterocycles. The van der Waals surface area contributed by atoms with Crippen molar-refractivity contribution >= 4 is 17.3 Å². The second kappa shape index (κ2) is 9.20. The predicted octanol–water partition coefficient (Wildman–Crippen LogP) is 1.26. The Kier molecular flexibility index (Phi) is 6.13. The van der Waals surface area contributed by atoms with Crippen LogP contribution in [-0.4, -0.2) is 40.6 Å². The third kappa shape index (κ3) is 4.14. The molecule has 174 valence electrons. The monoisotopic (exact) mass is 563 g/mol. The second-order valence-corrected chi connectivity index (χ2v) is 11.5. The Morgan fingerprint density at radius 1 is 1.33 bits per heavy atom. The van der Waals surface area contributed by atoms with Gasteiger partial charge in [-0.3, -0.25) is 0 Å². The van der Waals surface area contributed by atoms with E-state index in [9.17, 15) is 9.18 Å². The summed E-state index contributed by atoms with van der Waals surface area (Å²) in [6.45, 7) is 3.49. The van der Waals surface area contributed by atoms with Crippen LogP contribution in [-0.2, 0) is 0 Å². The minimum atomic E-state index is -0.477. The first kappa shape index (κ1) is 22.0. The van der Waals surface area contributed by atoms with Crippen molar-refractivity contribution < 1.29 is 39.9 Å². The number of nitrogens with zero attached hydrogens (tertiary/aromatic N) is 1. The Morgan fingerprint density at radius 3 is 3.06 bits per heavy atom. The zero-order valence-electron chi connectivity index (χ0n) is 18.4. The first-order valence-corrected chi connectivity index (χ1v) is 13.6. The number of aromatic nitrogens is 2. The van der Waals surface area contributed by atoms with Gasteiger partial charge in [-0.05, 0) is 0 Å². The van der Waals surface area contributed by atoms with Crippen LogP contribution in [0.15, 0.2) is 36.7 Å². The number of nitrogens with one attached hydrogen (secondary N) is 3. The number of benzene rings is 1. The molecule has 3 N–H and O–H groups in total. The number of anilines is 2. The zero-order chi connectivity index (χ0) is 22.9. The van der Waals surface area contributed by atoms with Crippen LogP contribution in [0.25, 0.3) is 11.3 Å². The van der Waals surface area contributed by atoms with Crippen molar-refractivity contribution in [2.24, 2.45) is 5.92 Å². The van der Waals surface area contributed by atoms with Crippen molar-refractivity contribution in [2.75, 3.05) is 30.0 Å². The summed E-state index contributed by atoms with van der Waals surface area (Å²) in [5, 5.41) is 6.38. The number of rotatable bonds is 3. The maximum absolute atomic E-state index is 14.4. The number of amides is 1. The summed E-state index contributed by atoms with van der Waals surface area (Å²) in [6, 6.07) is 6.56. The zero-order valence-corrected chi connectivity index (χ0v) is 20.5.